The van der Waals surface area contributed by atoms with Gasteiger partial charge in [0.15, 0.2) is 5.17 Å². The van der Waals surface area contributed by atoms with Gasteiger partial charge in [0.25, 0.3) is 0 Å². The van der Waals surface area contributed by atoms with Crippen LogP contribution < -0.4 is 5.32 Å². The molecule has 110 valence electrons. The first-order valence-corrected chi connectivity index (χ1v) is 7.00. The Kier molecular flexibility index (Phi) is 4.81. The molecule has 0 spiro atoms. The van der Waals surface area contributed by atoms with Gasteiger partial charge < -0.3 is 15.5 Å². The lowest BCUT2D eigenvalue weighted by molar-refractivity contribution is -0.138. The number of phenols is 1. The Morgan fingerprint density at radius 3 is 3.00 bits per heavy atom. The number of aromatic hydroxyl groups is 1. The molecule has 1 saturated heterocycles. The van der Waals surface area contributed by atoms with Crippen LogP contribution in [0, 0.1) is 0 Å². The zero-order chi connectivity index (χ0) is 15.4. The zero-order valence-corrected chi connectivity index (χ0v) is 12.1. The standard InChI is InChI=1S/C12H10ClN3O4S/c13-7-1-2-8(17)6(3-7)5-14-16-12-15-11(20)9(21-12)4-10(18)19/h1-3,5,9,17H,4H2,(H,18,19)(H,15,16,20). The first-order chi connectivity index (χ1) is 9.95. The molecule has 1 aliphatic rings. The molecule has 21 heavy (non-hydrogen) atoms. The topological polar surface area (TPSA) is 111 Å². The van der Waals surface area contributed by atoms with Crippen LogP contribution in [-0.4, -0.2) is 38.7 Å². The second-order valence-electron chi connectivity index (χ2n) is 4.05. The highest BCUT2D eigenvalue weighted by molar-refractivity contribution is 8.15. The van der Waals surface area contributed by atoms with Gasteiger partial charge in [0.2, 0.25) is 5.91 Å². The predicted molar refractivity (Wildman–Crippen MR) is 79.9 cm³/mol. The number of carbonyl (C=O) groups excluding carboxylic acids is 1. The summed E-state index contributed by atoms with van der Waals surface area (Å²) in [5.74, 6) is -1.48. The first-order valence-electron chi connectivity index (χ1n) is 5.74. The summed E-state index contributed by atoms with van der Waals surface area (Å²) in [5, 5.41) is 28.1. The van der Waals surface area contributed by atoms with E-state index >= 15 is 0 Å². The summed E-state index contributed by atoms with van der Waals surface area (Å²) < 4.78 is 0. The van der Waals surface area contributed by atoms with Crippen LogP contribution in [0.15, 0.2) is 28.4 Å². The van der Waals surface area contributed by atoms with Crippen molar-refractivity contribution in [1.82, 2.24) is 5.32 Å². The lowest BCUT2D eigenvalue weighted by Crippen LogP contribution is -2.26. The van der Waals surface area contributed by atoms with Crippen LogP contribution in [0.25, 0.3) is 0 Å². The van der Waals surface area contributed by atoms with Gasteiger partial charge >= 0.3 is 5.97 Å². The van der Waals surface area contributed by atoms with Gasteiger partial charge in [-0.05, 0) is 18.2 Å². The van der Waals surface area contributed by atoms with E-state index in [1.165, 1.54) is 24.4 Å². The molecule has 9 heteroatoms. The summed E-state index contributed by atoms with van der Waals surface area (Å²) in [7, 11) is 0. The Labute approximate surface area is 128 Å². The molecule has 1 atom stereocenters. The van der Waals surface area contributed by atoms with Gasteiger partial charge in [-0.15, -0.1) is 5.10 Å². The summed E-state index contributed by atoms with van der Waals surface area (Å²) >= 11 is 6.78. The molecule has 1 aromatic carbocycles. The zero-order valence-electron chi connectivity index (χ0n) is 10.5. The monoisotopic (exact) mass is 327 g/mol. The molecule has 3 N–H and O–H groups in total. The van der Waals surface area contributed by atoms with E-state index in [1.807, 2.05) is 0 Å². The number of nitrogens with one attached hydrogen (secondary N) is 1. The summed E-state index contributed by atoms with van der Waals surface area (Å²) in [6.45, 7) is 0. The van der Waals surface area contributed by atoms with E-state index in [2.05, 4.69) is 15.5 Å². The number of phenolic OH excluding ortho intramolecular Hbond substituents is 1. The lowest BCUT2D eigenvalue weighted by Gasteiger charge is -1.98. The summed E-state index contributed by atoms with van der Waals surface area (Å²) in [5.41, 5.74) is 0.378. The number of carboxylic acid groups (broad SMARTS) is 1. The van der Waals surface area contributed by atoms with Gasteiger partial charge in [-0.1, -0.05) is 23.4 Å². The summed E-state index contributed by atoms with van der Waals surface area (Å²) in [4.78, 5) is 22.0. The molecule has 1 heterocycles. The quantitative estimate of drug-likeness (QED) is 0.572. The number of amidine groups is 1. The molecule has 1 fully saturated rings. The Hall–Kier alpha value is -2.06. The fraction of sp³-hybridized carbons (Fsp3) is 0.167. The smallest absolute Gasteiger partial charge is 0.305 e. The average molecular weight is 328 g/mol. The van der Waals surface area contributed by atoms with Crippen LogP contribution in [0.3, 0.4) is 0 Å². The normalized spacial score (nSPS) is 20.1. The number of aliphatic carboxylic acids is 1. The van der Waals surface area contributed by atoms with Crippen LogP contribution >= 0.6 is 23.4 Å². The molecule has 1 unspecified atom stereocenters. The van der Waals surface area contributed by atoms with Gasteiger partial charge in [0.1, 0.15) is 11.0 Å². The number of benzene rings is 1. The average Bonchev–Trinajstić information content (AvgIpc) is 2.73. The number of amides is 1. The molecule has 0 aromatic heterocycles. The highest BCUT2D eigenvalue weighted by Crippen LogP contribution is 2.23. The number of halogens is 1. The van der Waals surface area contributed by atoms with E-state index in [-0.39, 0.29) is 17.3 Å². The van der Waals surface area contributed by atoms with Crippen LogP contribution in [-0.2, 0) is 9.59 Å². The van der Waals surface area contributed by atoms with Crippen molar-refractivity contribution in [2.45, 2.75) is 11.7 Å². The number of carboxylic acids is 1. The lowest BCUT2D eigenvalue weighted by atomic mass is 10.2. The second kappa shape index (κ2) is 6.59. The van der Waals surface area contributed by atoms with Crippen molar-refractivity contribution in [3.05, 3.63) is 28.8 Å². The number of hydrogen-bond acceptors (Lipinski definition) is 6. The Bertz CT molecular complexity index is 647. The van der Waals surface area contributed by atoms with Crippen molar-refractivity contribution in [3.8, 4) is 5.75 Å². The van der Waals surface area contributed by atoms with Crippen molar-refractivity contribution >= 4 is 46.6 Å². The Balaban J connectivity index is 2.05. The number of hydrogen-bond donors (Lipinski definition) is 3. The molecular weight excluding hydrogens is 318 g/mol. The maximum absolute atomic E-state index is 11.5. The molecule has 1 aromatic rings. The van der Waals surface area contributed by atoms with E-state index in [4.69, 9.17) is 16.7 Å². The minimum absolute atomic E-state index is 0.00443. The van der Waals surface area contributed by atoms with Crippen LogP contribution in [0.4, 0.5) is 0 Å². The number of rotatable bonds is 4. The van der Waals surface area contributed by atoms with Gasteiger partial charge in [0.05, 0.1) is 12.6 Å². The second-order valence-corrected chi connectivity index (χ2v) is 5.67. The van der Waals surface area contributed by atoms with Crippen molar-refractivity contribution in [3.63, 3.8) is 0 Å². The highest BCUT2D eigenvalue weighted by Gasteiger charge is 2.32. The molecule has 0 bridgehead atoms. The Morgan fingerprint density at radius 2 is 2.29 bits per heavy atom. The van der Waals surface area contributed by atoms with Gasteiger partial charge in [-0.25, -0.2) is 0 Å². The van der Waals surface area contributed by atoms with Gasteiger partial charge in [-0.3, -0.25) is 9.59 Å². The van der Waals surface area contributed by atoms with Crippen molar-refractivity contribution in [1.29, 1.82) is 0 Å². The minimum atomic E-state index is -1.06. The van der Waals surface area contributed by atoms with E-state index < -0.39 is 17.1 Å². The molecule has 0 radical (unpaired) electrons. The fourth-order valence-electron chi connectivity index (χ4n) is 1.52. The fourth-order valence-corrected chi connectivity index (χ4v) is 2.61. The third-order valence-corrected chi connectivity index (χ3v) is 3.78. The van der Waals surface area contributed by atoms with E-state index in [0.717, 1.165) is 11.8 Å². The minimum Gasteiger partial charge on any atom is -0.507 e. The molecule has 1 amide bonds. The van der Waals surface area contributed by atoms with Crippen LogP contribution in [0.5, 0.6) is 5.75 Å². The highest BCUT2D eigenvalue weighted by atomic mass is 35.5. The first kappa shape index (κ1) is 15.3. The Morgan fingerprint density at radius 1 is 1.52 bits per heavy atom. The predicted octanol–water partition coefficient (Wildman–Crippen LogP) is 1.44. The molecule has 1 aliphatic heterocycles. The van der Waals surface area contributed by atoms with Crippen molar-refractivity contribution in [2.24, 2.45) is 10.2 Å². The van der Waals surface area contributed by atoms with E-state index in [9.17, 15) is 14.7 Å². The van der Waals surface area contributed by atoms with Crippen LogP contribution in [0.2, 0.25) is 5.02 Å². The number of nitrogens with zero attached hydrogens (tertiary/aromatic N) is 2. The third-order valence-electron chi connectivity index (χ3n) is 2.47. The number of carbonyl (C=O) groups is 2. The van der Waals surface area contributed by atoms with Crippen molar-refractivity contribution < 1.29 is 19.8 Å². The summed E-state index contributed by atoms with van der Waals surface area (Å²) in [6.07, 6.45) is 1.000. The third kappa shape index (κ3) is 4.20. The molecular formula is C12H10ClN3O4S. The molecule has 0 aliphatic carbocycles. The largest absolute Gasteiger partial charge is 0.507 e. The maximum atomic E-state index is 11.5. The molecule has 7 nitrogen and oxygen atoms in total. The van der Waals surface area contributed by atoms with Crippen LogP contribution in [0.1, 0.15) is 12.0 Å². The number of thioether (sulfide) groups is 1. The van der Waals surface area contributed by atoms with Gasteiger partial charge in [-0.2, -0.15) is 5.10 Å². The molecule has 2 rings (SSSR count). The summed E-state index contributed by atoms with van der Waals surface area (Å²) in [6, 6.07) is 4.46. The van der Waals surface area contributed by atoms with Gasteiger partial charge in [0, 0.05) is 10.6 Å². The van der Waals surface area contributed by atoms with E-state index in [0.29, 0.717) is 10.6 Å². The van der Waals surface area contributed by atoms with Crippen molar-refractivity contribution in [2.75, 3.05) is 0 Å². The molecule has 0 saturated carbocycles. The van der Waals surface area contributed by atoms with E-state index in [1.54, 1.807) is 0 Å². The SMILES string of the molecule is O=C(O)CC1SC(=NN=Cc2cc(Cl)ccc2O)NC1=O. The maximum Gasteiger partial charge on any atom is 0.305 e.